The van der Waals surface area contributed by atoms with E-state index in [2.05, 4.69) is 0 Å². The lowest BCUT2D eigenvalue weighted by atomic mass is 10.2. The summed E-state index contributed by atoms with van der Waals surface area (Å²) >= 11 is 6.07. The Kier molecular flexibility index (Phi) is 7.68. The van der Waals surface area contributed by atoms with Crippen molar-refractivity contribution in [1.29, 1.82) is 0 Å². The van der Waals surface area contributed by atoms with Crippen molar-refractivity contribution in [1.82, 2.24) is 4.31 Å². The first-order valence-electron chi connectivity index (χ1n) is 9.92. The number of sulfonamides is 1. The van der Waals surface area contributed by atoms with E-state index in [1.165, 1.54) is 45.6 Å². The van der Waals surface area contributed by atoms with Crippen LogP contribution in [0.25, 0.3) is 0 Å². The smallest absolute Gasteiger partial charge is 0.422 e. The minimum Gasteiger partial charge on any atom is -0.484 e. The van der Waals surface area contributed by atoms with Gasteiger partial charge in [-0.3, -0.25) is 4.79 Å². The molecular weight excluding hydrogens is 469 g/mol. The number of hydrogen-bond donors (Lipinski definition) is 0. The highest BCUT2D eigenvalue weighted by Gasteiger charge is 2.30. The monoisotopic (exact) mass is 490 g/mol. The van der Waals surface area contributed by atoms with Crippen LogP contribution in [0.5, 0.6) is 5.75 Å². The molecule has 1 aliphatic rings. The van der Waals surface area contributed by atoms with Crippen molar-refractivity contribution < 1.29 is 31.1 Å². The maximum absolute atomic E-state index is 13.0. The summed E-state index contributed by atoms with van der Waals surface area (Å²) in [5, 5.41) is 0.119. The molecule has 0 N–H and O–H groups in total. The number of hydrogen-bond acceptors (Lipinski definition) is 4. The minimum atomic E-state index is -4.44. The van der Waals surface area contributed by atoms with Crippen LogP contribution < -0.4 is 9.64 Å². The number of halogens is 4. The van der Waals surface area contributed by atoms with E-state index in [0.29, 0.717) is 25.1 Å². The van der Waals surface area contributed by atoms with Gasteiger partial charge < -0.3 is 9.64 Å². The maximum atomic E-state index is 13.0. The summed E-state index contributed by atoms with van der Waals surface area (Å²) in [5.41, 5.74) is 0.511. The molecule has 0 aromatic heterocycles. The molecule has 1 amide bonds. The van der Waals surface area contributed by atoms with Crippen molar-refractivity contribution in [3.05, 3.63) is 53.6 Å². The minimum absolute atomic E-state index is 0.000311. The molecule has 0 unspecified atom stereocenters. The zero-order valence-electron chi connectivity index (χ0n) is 17.0. The van der Waals surface area contributed by atoms with Gasteiger partial charge in [0.2, 0.25) is 15.9 Å². The predicted octanol–water partition coefficient (Wildman–Crippen LogP) is 4.49. The van der Waals surface area contributed by atoms with Crippen molar-refractivity contribution in [2.45, 2.75) is 30.3 Å². The third-order valence-corrected chi connectivity index (χ3v) is 7.32. The fourth-order valence-corrected chi connectivity index (χ4v) is 5.32. The summed E-state index contributed by atoms with van der Waals surface area (Å²) in [7, 11) is -3.86. The second-order valence-electron chi connectivity index (χ2n) is 7.23. The molecule has 2 aromatic rings. The van der Waals surface area contributed by atoms with Crippen molar-refractivity contribution in [2.24, 2.45) is 0 Å². The number of ether oxygens (including phenoxy) is 1. The molecule has 0 aliphatic carbocycles. The average molecular weight is 491 g/mol. The van der Waals surface area contributed by atoms with Gasteiger partial charge in [-0.1, -0.05) is 23.7 Å². The quantitative estimate of drug-likeness (QED) is 0.619. The number of rotatable bonds is 5. The van der Waals surface area contributed by atoms with Crippen LogP contribution in [0.2, 0.25) is 5.02 Å². The summed E-state index contributed by atoms with van der Waals surface area (Å²) in [6.45, 7) is -0.791. The van der Waals surface area contributed by atoms with Gasteiger partial charge in [-0.25, -0.2) is 8.42 Å². The number of carbonyl (C=O) groups excluding carboxylic acids is 1. The Bertz CT molecular complexity index is 1050. The normalized spacial score (nSPS) is 16.9. The van der Waals surface area contributed by atoms with Crippen molar-refractivity contribution in [3.8, 4) is 5.75 Å². The molecule has 1 fully saturated rings. The summed E-state index contributed by atoms with van der Waals surface area (Å²) < 4.78 is 68.9. The number of alkyl halides is 3. The molecule has 0 radical (unpaired) electrons. The average Bonchev–Trinajstić information content (AvgIpc) is 2.83. The molecule has 1 aliphatic heterocycles. The second-order valence-corrected chi connectivity index (χ2v) is 9.55. The van der Waals surface area contributed by atoms with E-state index in [1.807, 2.05) is 0 Å². The van der Waals surface area contributed by atoms with Gasteiger partial charge in [0.1, 0.15) is 10.6 Å². The molecule has 2 aromatic carbocycles. The second kappa shape index (κ2) is 10.1. The lowest BCUT2D eigenvalue weighted by Gasteiger charge is -2.23. The molecule has 174 valence electrons. The topological polar surface area (TPSA) is 66.9 Å². The summed E-state index contributed by atoms with van der Waals surface area (Å²) in [6.07, 6.45) is -3.41. The fraction of sp³-hybridized carbons (Fsp3) is 0.381. The number of nitrogens with zero attached hydrogens (tertiary/aromatic N) is 2. The molecule has 1 heterocycles. The molecular formula is C21H22ClF3N2O4S. The lowest BCUT2D eigenvalue weighted by molar-refractivity contribution is -0.153. The highest BCUT2D eigenvalue weighted by molar-refractivity contribution is 7.89. The van der Waals surface area contributed by atoms with Gasteiger partial charge in [0, 0.05) is 31.7 Å². The largest absolute Gasteiger partial charge is 0.484 e. The Morgan fingerprint density at radius 3 is 2.28 bits per heavy atom. The highest BCUT2D eigenvalue weighted by Crippen LogP contribution is 2.27. The van der Waals surface area contributed by atoms with E-state index in [4.69, 9.17) is 16.3 Å². The molecule has 0 spiro atoms. The third kappa shape index (κ3) is 6.14. The van der Waals surface area contributed by atoms with Crippen LogP contribution >= 0.6 is 11.6 Å². The van der Waals surface area contributed by atoms with Crippen LogP contribution in [0.1, 0.15) is 19.3 Å². The van der Waals surface area contributed by atoms with E-state index < -0.39 is 22.8 Å². The standard InChI is InChI=1S/C21H22ClF3N2O4S/c22-18-5-1-2-6-19(18)32(29,30)26-12-3-4-13-27(20(28)11-14-26)16-7-9-17(10-8-16)31-15-21(23,24)25/h1-2,5-10H,3-4,11-15H2. The van der Waals surface area contributed by atoms with Gasteiger partial charge in [-0.2, -0.15) is 17.5 Å². The third-order valence-electron chi connectivity index (χ3n) is 4.92. The van der Waals surface area contributed by atoms with Crippen molar-refractivity contribution in [3.63, 3.8) is 0 Å². The van der Waals surface area contributed by atoms with Crippen LogP contribution in [-0.4, -0.2) is 51.0 Å². The van der Waals surface area contributed by atoms with Gasteiger partial charge in [0.25, 0.3) is 0 Å². The van der Waals surface area contributed by atoms with E-state index >= 15 is 0 Å². The van der Waals surface area contributed by atoms with E-state index in [1.54, 1.807) is 12.1 Å². The zero-order valence-corrected chi connectivity index (χ0v) is 18.6. The highest BCUT2D eigenvalue weighted by atomic mass is 35.5. The molecule has 1 saturated heterocycles. The Balaban J connectivity index is 1.71. The molecule has 32 heavy (non-hydrogen) atoms. The molecule has 0 bridgehead atoms. The molecule has 0 atom stereocenters. The van der Waals surface area contributed by atoms with Gasteiger partial charge in [0.05, 0.1) is 5.02 Å². The summed E-state index contributed by atoms with van der Waals surface area (Å²) in [5.74, 6) is -0.241. The van der Waals surface area contributed by atoms with Crippen LogP contribution in [0, 0.1) is 0 Å². The maximum Gasteiger partial charge on any atom is 0.422 e. The first kappa shape index (κ1) is 24.3. The van der Waals surface area contributed by atoms with Gasteiger partial charge in [-0.05, 0) is 49.2 Å². The van der Waals surface area contributed by atoms with Gasteiger partial charge >= 0.3 is 6.18 Å². The summed E-state index contributed by atoms with van der Waals surface area (Å²) in [6, 6.07) is 11.9. The predicted molar refractivity (Wildman–Crippen MR) is 114 cm³/mol. The van der Waals surface area contributed by atoms with Crippen LogP contribution in [0.4, 0.5) is 18.9 Å². The number of carbonyl (C=O) groups is 1. The molecule has 6 nitrogen and oxygen atoms in total. The van der Waals surface area contributed by atoms with Gasteiger partial charge in [-0.15, -0.1) is 0 Å². The fourth-order valence-electron chi connectivity index (χ4n) is 3.34. The molecule has 11 heteroatoms. The zero-order chi connectivity index (χ0) is 23.4. The first-order chi connectivity index (χ1) is 15.1. The Morgan fingerprint density at radius 2 is 1.62 bits per heavy atom. The number of amides is 1. The van der Waals surface area contributed by atoms with Gasteiger partial charge in [0.15, 0.2) is 6.61 Å². The Morgan fingerprint density at radius 1 is 0.969 bits per heavy atom. The Hall–Kier alpha value is -2.30. The SMILES string of the molecule is O=C1CCN(S(=O)(=O)c2ccccc2Cl)CCCCN1c1ccc(OCC(F)(F)F)cc1. The van der Waals surface area contributed by atoms with Crippen molar-refractivity contribution in [2.75, 3.05) is 31.1 Å². The van der Waals surface area contributed by atoms with E-state index in [9.17, 15) is 26.4 Å². The van der Waals surface area contributed by atoms with Crippen molar-refractivity contribution >= 4 is 33.2 Å². The number of anilines is 1. The van der Waals surface area contributed by atoms with E-state index in [-0.39, 0.29) is 41.1 Å². The summed E-state index contributed by atoms with van der Waals surface area (Å²) in [4.78, 5) is 14.3. The lowest BCUT2D eigenvalue weighted by Crippen LogP contribution is -2.36. The first-order valence-corrected chi connectivity index (χ1v) is 11.7. The molecule has 3 rings (SSSR count). The number of benzene rings is 2. The Labute approximate surface area is 189 Å². The van der Waals surface area contributed by atoms with Crippen LogP contribution in [0.15, 0.2) is 53.4 Å². The molecule has 0 saturated carbocycles. The van der Waals surface area contributed by atoms with Crippen LogP contribution in [0.3, 0.4) is 0 Å². The van der Waals surface area contributed by atoms with E-state index in [0.717, 1.165) is 0 Å². The van der Waals surface area contributed by atoms with Crippen LogP contribution in [-0.2, 0) is 14.8 Å².